The SMILES string of the molecule is CC(C)N(CCOP(=O)(O)O)C(C)C. The van der Waals surface area contributed by atoms with Crippen LogP contribution in [0.4, 0.5) is 0 Å². The first-order chi connectivity index (χ1) is 6.24. The van der Waals surface area contributed by atoms with Gasteiger partial charge in [0.05, 0.1) is 6.61 Å². The third kappa shape index (κ3) is 6.51. The fourth-order valence-electron chi connectivity index (χ4n) is 1.38. The van der Waals surface area contributed by atoms with Crippen LogP contribution >= 0.6 is 7.82 Å². The highest BCUT2D eigenvalue weighted by molar-refractivity contribution is 7.46. The van der Waals surface area contributed by atoms with E-state index in [1.807, 2.05) is 27.7 Å². The molecule has 0 radical (unpaired) electrons. The molecule has 0 atom stereocenters. The van der Waals surface area contributed by atoms with E-state index in [4.69, 9.17) is 9.79 Å². The Hall–Kier alpha value is 0.0700. The number of nitrogens with zero attached hydrogens (tertiary/aromatic N) is 1. The molecule has 5 nitrogen and oxygen atoms in total. The summed E-state index contributed by atoms with van der Waals surface area (Å²) >= 11 is 0. The molecule has 0 spiro atoms. The second-order valence-corrected chi connectivity index (χ2v) is 4.99. The molecule has 0 aromatic heterocycles. The lowest BCUT2D eigenvalue weighted by Crippen LogP contribution is -2.39. The molecule has 0 fully saturated rings. The second kappa shape index (κ2) is 5.83. The van der Waals surface area contributed by atoms with Gasteiger partial charge in [0.2, 0.25) is 0 Å². The number of rotatable bonds is 6. The molecule has 0 aliphatic carbocycles. The van der Waals surface area contributed by atoms with E-state index in [0.717, 1.165) is 0 Å². The molecule has 0 amide bonds. The van der Waals surface area contributed by atoms with Gasteiger partial charge < -0.3 is 9.79 Å². The van der Waals surface area contributed by atoms with Crippen molar-refractivity contribution in [1.29, 1.82) is 0 Å². The van der Waals surface area contributed by atoms with Crippen LogP contribution in [0.15, 0.2) is 0 Å². The Bertz CT molecular complexity index is 194. The Labute approximate surface area is 85.3 Å². The molecular formula is C8H20NO4P. The zero-order valence-electron chi connectivity index (χ0n) is 9.17. The fraction of sp³-hybridized carbons (Fsp3) is 1.00. The van der Waals surface area contributed by atoms with E-state index in [2.05, 4.69) is 9.42 Å². The third-order valence-electron chi connectivity index (χ3n) is 1.94. The summed E-state index contributed by atoms with van der Waals surface area (Å²) < 4.78 is 14.8. The molecule has 6 heteroatoms. The Morgan fingerprint density at radius 3 is 1.93 bits per heavy atom. The highest BCUT2D eigenvalue weighted by Crippen LogP contribution is 2.35. The highest BCUT2D eigenvalue weighted by atomic mass is 31.2. The lowest BCUT2D eigenvalue weighted by Gasteiger charge is -2.30. The zero-order valence-corrected chi connectivity index (χ0v) is 10.1. The van der Waals surface area contributed by atoms with Crippen LogP contribution in [0, 0.1) is 0 Å². The van der Waals surface area contributed by atoms with Gasteiger partial charge in [-0.25, -0.2) is 4.57 Å². The molecule has 0 aromatic rings. The third-order valence-corrected chi connectivity index (χ3v) is 2.45. The average molecular weight is 225 g/mol. The minimum absolute atomic E-state index is 0.0562. The van der Waals surface area contributed by atoms with Crippen molar-refractivity contribution >= 4 is 7.82 Å². The molecular weight excluding hydrogens is 205 g/mol. The Kier molecular flexibility index (Phi) is 5.86. The standard InChI is InChI=1S/C8H20NO4P/c1-7(2)9(8(3)4)5-6-13-14(10,11)12/h7-8H,5-6H2,1-4H3,(H2,10,11,12). The summed E-state index contributed by atoms with van der Waals surface area (Å²) in [4.78, 5) is 19.1. The van der Waals surface area contributed by atoms with E-state index in [1.165, 1.54) is 0 Å². The number of hydrogen-bond donors (Lipinski definition) is 2. The smallest absolute Gasteiger partial charge is 0.303 e. The van der Waals surface area contributed by atoms with E-state index in [9.17, 15) is 4.57 Å². The van der Waals surface area contributed by atoms with E-state index in [-0.39, 0.29) is 6.61 Å². The van der Waals surface area contributed by atoms with Gasteiger partial charge in [0, 0.05) is 18.6 Å². The summed E-state index contributed by atoms with van der Waals surface area (Å²) in [5, 5.41) is 0. The van der Waals surface area contributed by atoms with Gasteiger partial charge in [-0.05, 0) is 27.7 Å². The predicted molar refractivity (Wildman–Crippen MR) is 55.0 cm³/mol. The Morgan fingerprint density at radius 2 is 1.64 bits per heavy atom. The molecule has 2 N–H and O–H groups in total. The molecule has 0 aliphatic heterocycles. The first-order valence-electron chi connectivity index (χ1n) is 4.70. The quantitative estimate of drug-likeness (QED) is 0.665. The molecule has 0 unspecified atom stereocenters. The van der Waals surface area contributed by atoms with Crippen molar-refractivity contribution in [2.24, 2.45) is 0 Å². The monoisotopic (exact) mass is 225 g/mol. The van der Waals surface area contributed by atoms with Crippen LogP contribution in [0.25, 0.3) is 0 Å². The van der Waals surface area contributed by atoms with Gasteiger partial charge >= 0.3 is 7.82 Å². The van der Waals surface area contributed by atoms with Crippen LogP contribution in [0.1, 0.15) is 27.7 Å². The molecule has 0 heterocycles. The maximum absolute atomic E-state index is 10.4. The summed E-state index contributed by atoms with van der Waals surface area (Å²) in [6.07, 6.45) is 0. The normalized spacial score (nSPS) is 13.2. The first kappa shape index (κ1) is 14.1. The van der Waals surface area contributed by atoms with Crippen molar-refractivity contribution in [2.45, 2.75) is 39.8 Å². The molecule has 14 heavy (non-hydrogen) atoms. The molecule has 0 saturated carbocycles. The van der Waals surface area contributed by atoms with Crippen molar-refractivity contribution < 1.29 is 18.9 Å². The average Bonchev–Trinajstić information content (AvgIpc) is 1.94. The first-order valence-corrected chi connectivity index (χ1v) is 6.23. The largest absolute Gasteiger partial charge is 0.469 e. The van der Waals surface area contributed by atoms with E-state index in [1.54, 1.807) is 0 Å². The molecule has 0 aromatic carbocycles. The van der Waals surface area contributed by atoms with Crippen molar-refractivity contribution in [3.63, 3.8) is 0 Å². The molecule has 86 valence electrons. The van der Waals surface area contributed by atoms with Crippen LogP contribution in [-0.4, -0.2) is 39.9 Å². The van der Waals surface area contributed by atoms with Crippen LogP contribution in [0.2, 0.25) is 0 Å². The van der Waals surface area contributed by atoms with Gasteiger partial charge in [-0.1, -0.05) is 0 Å². The highest BCUT2D eigenvalue weighted by Gasteiger charge is 2.17. The number of phosphoric ester groups is 1. The fourth-order valence-corrected chi connectivity index (χ4v) is 1.70. The van der Waals surface area contributed by atoms with Gasteiger partial charge in [0.1, 0.15) is 0 Å². The van der Waals surface area contributed by atoms with Crippen LogP contribution in [0.3, 0.4) is 0 Å². The Balaban J connectivity index is 3.90. The van der Waals surface area contributed by atoms with E-state index < -0.39 is 7.82 Å². The zero-order chi connectivity index (χ0) is 11.4. The number of hydrogen-bond acceptors (Lipinski definition) is 3. The minimum Gasteiger partial charge on any atom is -0.303 e. The second-order valence-electron chi connectivity index (χ2n) is 3.75. The number of phosphoric acid groups is 1. The maximum atomic E-state index is 10.4. The van der Waals surface area contributed by atoms with Crippen LogP contribution in [0.5, 0.6) is 0 Å². The summed E-state index contributed by atoms with van der Waals surface area (Å²) in [7, 11) is -4.31. The van der Waals surface area contributed by atoms with Crippen molar-refractivity contribution in [1.82, 2.24) is 4.90 Å². The van der Waals surface area contributed by atoms with Gasteiger partial charge in [-0.3, -0.25) is 9.42 Å². The predicted octanol–water partition coefficient (Wildman–Crippen LogP) is 1.21. The van der Waals surface area contributed by atoms with Gasteiger partial charge in [0.25, 0.3) is 0 Å². The van der Waals surface area contributed by atoms with Crippen molar-refractivity contribution in [2.75, 3.05) is 13.2 Å². The topological polar surface area (TPSA) is 70.0 Å². The van der Waals surface area contributed by atoms with Gasteiger partial charge in [0.15, 0.2) is 0 Å². The van der Waals surface area contributed by atoms with E-state index >= 15 is 0 Å². The van der Waals surface area contributed by atoms with Crippen molar-refractivity contribution in [3.8, 4) is 0 Å². The van der Waals surface area contributed by atoms with E-state index in [0.29, 0.717) is 18.6 Å². The Morgan fingerprint density at radius 1 is 1.21 bits per heavy atom. The van der Waals surface area contributed by atoms with Crippen LogP contribution in [-0.2, 0) is 9.09 Å². The lowest BCUT2D eigenvalue weighted by molar-refractivity contribution is 0.122. The minimum atomic E-state index is -4.31. The van der Waals surface area contributed by atoms with Crippen LogP contribution < -0.4 is 0 Å². The summed E-state index contributed by atoms with van der Waals surface area (Å²) in [6, 6.07) is 0.686. The summed E-state index contributed by atoms with van der Waals surface area (Å²) in [6.45, 7) is 8.74. The molecule has 0 bridgehead atoms. The van der Waals surface area contributed by atoms with Crippen molar-refractivity contribution in [3.05, 3.63) is 0 Å². The summed E-state index contributed by atoms with van der Waals surface area (Å²) in [5.74, 6) is 0. The molecule has 0 saturated heterocycles. The lowest BCUT2D eigenvalue weighted by atomic mass is 10.2. The van der Waals surface area contributed by atoms with Gasteiger partial charge in [-0.15, -0.1) is 0 Å². The summed E-state index contributed by atoms with van der Waals surface area (Å²) in [5.41, 5.74) is 0. The van der Waals surface area contributed by atoms with Gasteiger partial charge in [-0.2, -0.15) is 0 Å². The molecule has 0 aliphatic rings. The maximum Gasteiger partial charge on any atom is 0.469 e. The molecule has 0 rings (SSSR count).